The first-order valence-corrected chi connectivity index (χ1v) is 5.09. The van der Waals surface area contributed by atoms with Crippen LogP contribution in [0.5, 0.6) is 0 Å². The summed E-state index contributed by atoms with van der Waals surface area (Å²) in [5.41, 5.74) is -0.456. The third-order valence-electron chi connectivity index (χ3n) is 1.63. The van der Waals surface area contributed by atoms with Crippen LogP contribution in [0.2, 0.25) is 0 Å². The number of halogens is 4. The van der Waals surface area contributed by atoms with Crippen LogP contribution in [0.1, 0.15) is 28.0 Å². The van der Waals surface area contributed by atoms with E-state index < -0.39 is 17.2 Å². The van der Waals surface area contributed by atoms with Gasteiger partial charge in [-0.25, -0.2) is 8.78 Å². The van der Waals surface area contributed by atoms with E-state index in [4.69, 9.17) is 11.6 Å². The second kappa shape index (κ2) is 4.79. The Kier molecular flexibility index (Phi) is 3.95. The normalized spacial score (nSPS) is 10.6. The van der Waals surface area contributed by atoms with Crippen molar-refractivity contribution in [1.82, 2.24) is 4.98 Å². The SMILES string of the molecule is O=C(Cl)c1ccnc(CBr)c1C(F)F. The first-order chi connectivity index (χ1) is 6.57. The van der Waals surface area contributed by atoms with Gasteiger partial charge in [-0.05, 0) is 17.7 Å². The highest BCUT2D eigenvalue weighted by Crippen LogP contribution is 2.27. The van der Waals surface area contributed by atoms with E-state index in [2.05, 4.69) is 20.9 Å². The predicted molar refractivity (Wildman–Crippen MR) is 52.0 cm³/mol. The minimum Gasteiger partial charge on any atom is -0.276 e. The molecule has 0 N–H and O–H groups in total. The van der Waals surface area contributed by atoms with Crippen LogP contribution in [0, 0.1) is 0 Å². The third kappa shape index (κ3) is 2.27. The lowest BCUT2D eigenvalue weighted by molar-refractivity contribution is 0.106. The van der Waals surface area contributed by atoms with Crippen molar-refractivity contribution in [3.63, 3.8) is 0 Å². The molecule has 0 aliphatic heterocycles. The van der Waals surface area contributed by atoms with Crippen molar-refractivity contribution >= 4 is 32.8 Å². The first-order valence-electron chi connectivity index (χ1n) is 3.59. The van der Waals surface area contributed by atoms with Gasteiger partial charge in [0.1, 0.15) is 0 Å². The Morgan fingerprint density at radius 1 is 1.64 bits per heavy atom. The van der Waals surface area contributed by atoms with Crippen molar-refractivity contribution in [1.29, 1.82) is 0 Å². The van der Waals surface area contributed by atoms with Crippen LogP contribution in [-0.4, -0.2) is 10.2 Å². The molecule has 2 nitrogen and oxygen atoms in total. The highest BCUT2D eigenvalue weighted by Gasteiger charge is 2.21. The molecule has 14 heavy (non-hydrogen) atoms. The lowest BCUT2D eigenvalue weighted by Gasteiger charge is -2.08. The van der Waals surface area contributed by atoms with E-state index in [1.165, 1.54) is 12.3 Å². The number of alkyl halides is 3. The molecule has 1 heterocycles. The fourth-order valence-electron chi connectivity index (χ4n) is 1.04. The van der Waals surface area contributed by atoms with E-state index >= 15 is 0 Å². The molecule has 1 aromatic heterocycles. The second-order valence-corrected chi connectivity index (χ2v) is 3.33. The number of carbonyl (C=O) groups excluding carboxylic acids is 1. The summed E-state index contributed by atoms with van der Waals surface area (Å²) in [5, 5.41) is -0.741. The summed E-state index contributed by atoms with van der Waals surface area (Å²) in [4.78, 5) is 14.6. The monoisotopic (exact) mass is 283 g/mol. The Balaban J connectivity index is 3.35. The molecule has 0 unspecified atom stereocenters. The van der Waals surface area contributed by atoms with Gasteiger partial charge in [-0.1, -0.05) is 15.9 Å². The van der Waals surface area contributed by atoms with Gasteiger partial charge in [0.25, 0.3) is 11.7 Å². The van der Waals surface area contributed by atoms with Gasteiger partial charge in [0.05, 0.1) is 11.3 Å². The zero-order valence-electron chi connectivity index (χ0n) is 6.81. The van der Waals surface area contributed by atoms with Crippen LogP contribution in [0.3, 0.4) is 0 Å². The maximum atomic E-state index is 12.6. The lowest BCUT2D eigenvalue weighted by Crippen LogP contribution is -2.04. The topological polar surface area (TPSA) is 30.0 Å². The summed E-state index contributed by atoms with van der Waals surface area (Å²) in [6.07, 6.45) is -1.48. The molecular weight excluding hydrogens is 279 g/mol. The van der Waals surface area contributed by atoms with Gasteiger partial charge in [-0.15, -0.1) is 0 Å². The smallest absolute Gasteiger partial charge is 0.266 e. The lowest BCUT2D eigenvalue weighted by atomic mass is 10.1. The van der Waals surface area contributed by atoms with Crippen LogP contribution in [-0.2, 0) is 5.33 Å². The van der Waals surface area contributed by atoms with E-state index in [0.717, 1.165) is 0 Å². The van der Waals surface area contributed by atoms with Crippen molar-refractivity contribution in [3.05, 3.63) is 29.1 Å². The largest absolute Gasteiger partial charge is 0.276 e. The van der Waals surface area contributed by atoms with Crippen molar-refractivity contribution in [2.45, 2.75) is 11.8 Å². The van der Waals surface area contributed by atoms with Crippen LogP contribution < -0.4 is 0 Å². The van der Waals surface area contributed by atoms with Crippen molar-refractivity contribution in [3.8, 4) is 0 Å². The highest BCUT2D eigenvalue weighted by atomic mass is 79.9. The molecule has 0 radical (unpaired) electrons. The zero-order valence-corrected chi connectivity index (χ0v) is 9.15. The maximum absolute atomic E-state index is 12.6. The Labute approximate surface area is 92.4 Å². The van der Waals surface area contributed by atoms with Crippen LogP contribution in [0.15, 0.2) is 12.3 Å². The molecule has 0 spiro atoms. The van der Waals surface area contributed by atoms with Crippen LogP contribution in [0.4, 0.5) is 8.78 Å². The van der Waals surface area contributed by atoms with Gasteiger partial charge in [0, 0.05) is 17.1 Å². The molecule has 1 rings (SSSR count). The molecule has 0 bridgehead atoms. The maximum Gasteiger partial charge on any atom is 0.266 e. The third-order valence-corrected chi connectivity index (χ3v) is 2.36. The molecule has 0 atom stereocenters. The summed E-state index contributed by atoms with van der Waals surface area (Å²) < 4.78 is 25.1. The average molecular weight is 284 g/mol. The summed E-state index contributed by atoms with van der Waals surface area (Å²) in [6.45, 7) is 0. The van der Waals surface area contributed by atoms with Gasteiger partial charge >= 0.3 is 0 Å². The number of nitrogens with zero attached hydrogens (tertiary/aromatic N) is 1. The number of hydrogen-bond acceptors (Lipinski definition) is 2. The number of aromatic nitrogens is 1. The molecule has 0 aliphatic rings. The van der Waals surface area contributed by atoms with E-state index in [0.29, 0.717) is 0 Å². The molecule has 6 heteroatoms. The fourth-order valence-corrected chi connectivity index (χ4v) is 1.65. The molecular formula is C8H5BrClF2NO. The van der Waals surface area contributed by atoms with E-state index in [1.807, 2.05) is 0 Å². The Hall–Kier alpha value is -0.550. The van der Waals surface area contributed by atoms with E-state index in [9.17, 15) is 13.6 Å². The first kappa shape index (κ1) is 11.5. The fraction of sp³-hybridized carbons (Fsp3) is 0.250. The van der Waals surface area contributed by atoms with E-state index in [1.54, 1.807) is 0 Å². The summed E-state index contributed by atoms with van der Waals surface area (Å²) in [7, 11) is 0. The number of rotatable bonds is 3. The van der Waals surface area contributed by atoms with Crippen LogP contribution >= 0.6 is 27.5 Å². The number of hydrogen-bond donors (Lipinski definition) is 0. The Morgan fingerprint density at radius 2 is 2.29 bits per heavy atom. The molecule has 0 fully saturated rings. The molecule has 0 saturated carbocycles. The highest BCUT2D eigenvalue weighted by molar-refractivity contribution is 9.08. The van der Waals surface area contributed by atoms with Crippen LogP contribution in [0.25, 0.3) is 0 Å². The standard InChI is InChI=1S/C8H5BrClF2NO/c9-3-5-6(8(11)12)4(7(10)14)1-2-13-5/h1-2,8H,3H2. The van der Waals surface area contributed by atoms with Gasteiger partial charge in [-0.2, -0.15) is 0 Å². The van der Waals surface area contributed by atoms with Gasteiger partial charge in [-0.3, -0.25) is 9.78 Å². The Bertz CT molecular complexity index is 359. The van der Waals surface area contributed by atoms with Crippen molar-refractivity contribution < 1.29 is 13.6 Å². The molecule has 0 aliphatic carbocycles. The number of pyridine rings is 1. The quantitative estimate of drug-likeness (QED) is 0.630. The predicted octanol–water partition coefficient (Wildman–Crippen LogP) is 3.29. The average Bonchev–Trinajstić information content (AvgIpc) is 2.16. The molecule has 0 saturated heterocycles. The van der Waals surface area contributed by atoms with Gasteiger partial charge < -0.3 is 0 Å². The summed E-state index contributed by atoms with van der Waals surface area (Å²) in [6, 6.07) is 1.18. The molecule has 0 amide bonds. The van der Waals surface area contributed by atoms with Crippen molar-refractivity contribution in [2.75, 3.05) is 0 Å². The van der Waals surface area contributed by atoms with Gasteiger partial charge in [0.2, 0.25) is 0 Å². The second-order valence-electron chi connectivity index (χ2n) is 2.43. The molecule has 1 aromatic rings. The minimum atomic E-state index is -2.76. The molecule has 0 aromatic carbocycles. The summed E-state index contributed by atoms with van der Waals surface area (Å²) >= 11 is 8.18. The van der Waals surface area contributed by atoms with E-state index in [-0.39, 0.29) is 16.6 Å². The molecule has 76 valence electrons. The number of carbonyl (C=O) groups is 1. The summed E-state index contributed by atoms with van der Waals surface area (Å²) in [5.74, 6) is 0. The minimum absolute atomic E-state index is 0.131. The zero-order chi connectivity index (χ0) is 10.7. The van der Waals surface area contributed by atoms with Gasteiger partial charge in [0.15, 0.2) is 0 Å². The van der Waals surface area contributed by atoms with Crippen molar-refractivity contribution in [2.24, 2.45) is 0 Å². The Morgan fingerprint density at radius 3 is 2.71 bits per heavy atom.